The summed E-state index contributed by atoms with van der Waals surface area (Å²) < 4.78 is 10.5. The van der Waals surface area contributed by atoms with Gasteiger partial charge in [-0.05, 0) is 23.9 Å². The van der Waals surface area contributed by atoms with Crippen LogP contribution in [-0.4, -0.2) is 11.1 Å². The van der Waals surface area contributed by atoms with Gasteiger partial charge in [0.25, 0.3) is 0 Å². The third kappa shape index (κ3) is 3.03. The van der Waals surface area contributed by atoms with Gasteiger partial charge in [-0.1, -0.05) is 35.5 Å². The van der Waals surface area contributed by atoms with Crippen molar-refractivity contribution in [1.82, 2.24) is 5.16 Å². The van der Waals surface area contributed by atoms with E-state index in [1.807, 2.05) is 48.7 Å². The van der Waals surface area contributed by atoms with Crippen molar-refractivity contribution in [3.63, 3.8) is 0 Å². The molecule has 0 spiro atoms. The summed E-state index contributed by atoms with van der Waals surface area (Å²) in [5, 5.41) is 5.79. The number of aromatic nitrogens is 1. The molecule has 4 nitrogen and oxygen atoms in total. The molecule has 0 N–H and O–H groups in total. The minimum absolute atomic E-state index is 0.104. The van der Waals surface area contributed by atoms with Crippen LogP contribution in [0, 0.1) is 6.92 Å². The number of hydrogen-bond donors (Lipinski definition) is 0. The fraction of sp³-hybridized carbons (Fsp3) is 0.125. The Kier molecular flexibility index (Phi) is 3.83. The van der Waals surface area contributed by atoms with E-state index in [9.17, 15) is 4.79 Å². The van der Waals surface area contributed by atoms with Gasteiger partial charge in [-0.25, -0.2) is 4.79 Å². The van der Waals surface area contributed by atoms with Gasteiger partial charge in [0.2, 0.25) is 0 Å². The lowest BCUT2D eigenvalue weighted by Crippen LogP contribution is -2.04. The third-order valence-electron chi connectivity index (χ3n) is 3.02. The van der Waals surface area contributed by atoms with Crippen molar-refractivity contribution in [3.05, 3.63) is 64.0 Å². The first-order chi connectivity index (χ1) is 10.2. The molecule has 21 heavy (non-hydrogen) atoms. The molecule has 0 atom stereocenters. The standard InChI is InChI=1S/C16H13NO3S/c1-11-7-8-21-15(11)16(18)19-10-13-9-14(20-17-13)12-5-3-2-4-6-12/h2-9H,10H2,1H3. The summed E-state index contributed by atoms with van der Waals surface area (Å²) in [6, 6.07) is 13.3. The van der Waals surface area contributed by atoms with E-state index in [1.165, 1.54) is 11.3 Å². The monoisotopic (exact) mass is 299 g/mol. The molecule has 106 valence electrons. The van der Waals surface area contributed by atoms with Crippen molar-refractivity contribution in [2.24, 2.45) is 0 Å². The van der Waals surface area contributed by atoms with Crippen LogP contribution in [0.1, 0.15) is 20.9 Å². The number of benzene rings is 1. The quantitative estimate of drug-likeness (QED) is 0.681. The van der Waals surface area contributed by atoms with E-state index in [-0.39, 0.29) is 12.6 Å². The van der Waals surface area contributed by atoms with Crippen molar-refractivity contribution in [2.45, 2.75) is 13.5 Å². The number of aryl methyl sites for hydroxylation is 1. The lowest BCUT2D eigenvalue weighted by Gasteiger charge is -2.00. The number of nitrogens with zero attached hydrogens (tertiary/aromatic N) is 1. The molecule has 1 aromatic carbocycles. The molecular weight excluding hydrogens is 286 g/mol. The maximum Gasteiger partial charge on any atom is 0.348 e. The molecule has 0 amide bonds. The summed E-state index contributed by atoms with van der Waals surface area (Å²) in [7, 11) is 0. The summed E-state index contributed by atoms with van der Waals surface area (Å²) in [6.45, 7) is 1.99. The fourth-order valence-corrected chi connectivity index (χ4v) is 2.72. The van der Waals surface area contributed by atoms with Crippen molar-refractivity contribution in [2.75, 3.05) is 0 Å². The first-order valence-corrected chi connectivity index (χ1v) is 7.34. The van der Waals surface area contributed by atoms with Crippen LogP contribution in [0.15, 0.2) is 52.4 Å². The molecule has 2 aromatic heterocycles. The molecule has 0 radical (unpaired) electrons. The molecule has 0 unspecified atom stereocenters. The zero-order valence-corrected chi connectivity index (χ0v) is 12.2. The van der Waals surface area contributed by atoms with E-state index in [4.69, 9.17) is 9.26 Å². The Hall–Kier alpha value is -2.40. The van der Waals surface area contributed by atoms with E-state index in [1.54, 1.807) is 6.07 Å². The third-order valence-corrected chi connectivity index (χ3v) is 4.01. The summed E-state index contributed by atoms with van der Waals surface area (Å²) in [6.07, 6.45) is 0. The average Bonchev–Trinajstić information content (AvgIpc) is 3.15. The van der Waals surface area contributed by atoms with Crippen LogP contribution in [0.3, 0.4) is 0 Å². The lowest BCUT2D eigenvalue weighted by atomic mass is 10.2. The molecule has 0 aliphatic heterocycles. The zero-order valence-electron chi connectivity index (χ0n) is 11.4. The minimum Gasteiger partial charge on any atom is -0.455 e. The second kappa shape index (κ2) is 5.93. The molecule has 0 fully saturated rings. The van der Waals surface area contributed by atoms with Crippen LogP contribution in [0.5, 0.6) is 0 Å². The summed E-state index contributed by atoms with van der Waals surface area (Å²) >= 11 is 1.38. The van der Waals surface area contributed by atoms with E-state index in [0.717, 1.165) is 11.1 Å². The molecule has 2 heterocycles. The van der Waals surface area contributed by atoms with Gasteiger partial charge in [-0.3, -0.25) is 0 Å². The van der Waals surface area contributed by atoms with Gasteiger partial charge in [0, 0.05) is 11.6 Å². The summed E-state index contributed by atoms with van der Waals surface area (Å²) in [5.41, 5.74) is 2.46. The maximum absolute atomic E-state index is 11.9. The van der Waals surface area contributed by atoms with Crippen LogP contribution in [0.2, 0.25) is 0 Å². The van der Waals surface area contributed by atoms with Crippen LogP contribution < -0.4 is 0 Å². The normalized spacial score (nSPS) is 10.5. The summed E-state index contributed by atoms with van der Waals surface area (Å²) in [5.74, 6) is 0.334. The van der Waals surface area contributed by atoms with E-state index in [2.05, 4.69) is 5.16 Å². The average molecular weight is 299 g/mol. The Balaban J connectivity index is 1.66. The molecule has 0 aliphatic carbocycles. The lowest BCUT2D eigenvalue weighted by molar-refractivity contribution is 0.0469. The van der Waals surface area contributed by atoms with Gasteiger partial charge >= 0.3 is 5.97 Å². The summed E-state index contributed by atoms with van der Waals surface area (Å²) in [4.78, 5) is 12.5. The van der Waals surface area contributed by atoms with Crippen molar-refractivity contribution in [3.8, 4) is 11.3 Å². The predicted molar refractivity (Wildman–Crippen MR) is 80.1 cm³/mol. The Bertz CT molecular complexity index is 746. The first-order valence-electron chi connectivity index (χ1n) is 6.46. The van der Waals surface area contributed by atoms with E-state index < -0.39 is 0 Å². The van der Waals surface area contributed by atoms with Crippen LogP contribution in [-0.2, 0) is 11.3 Å². The topological polar surface area (TPSA) is 52.3 Å². The first kappa shape index (κ1) is 13.6. The van der Waals surface area contributed by atoms with Crippen LogP contribution >= 0.6 is 11.3 Å². The molecule has 3 aromatic rings. The van der Waals surface area contributed by atoms with Gasteiger partial charge in [0.1, 0.15) is 17.2 Å². The highest BCUT2D eigenvalue weighted by molar-refractivity contribution is 7.12. The van der Waals surface area contributed by atoms with Gasteiger partial charge in [-0.15, -0.1) is 11.3 Å². The number of esters is 1. The number of rotatable bonds is 4. The second-order valence-electron chi connectivity index (χ2n) is 4.56. The highest BCUT2D eigenvalue weighted by atomic mass is 32.1. The minimum atomic E-state index is -0.327. The van der Waals surface area contributed by atoms with E-state index in [0.29, 0.717) is 16.3 Å². The molecule has 0 saturated heterocycles. The number of thiophene rings is 1. The number of ether oxygens (including phenoxy) is 1. The van der Waals surface area contributed by atoms with Gasteiger partial charge < -0.3 is 9.26 Å². The highest BCUT2D eigenvalue weighted by Crippen LogP contribution is 2.21. The molecule has 0 aliphatic rings. The largest absolute Gasteiger partial charge is 0.455 e. The van der Waals surface area contributed by atoms with Gasteiger partial charge in [0.05, 0.1) is 0 Å². The predicted octanol–water partition coefficient (Wildman–Crippen LogP) is 4.07. The van der Waals surface area contributed by atoms with Crippen LogP contribution in [0.4, 0.5) is 0 Å². The smallest absolute Gasteiger partial charge is 0.348 e. The fourth-order valence-electron chi connectivity index (χ4n) is 1.91. The molecule has 0 saturated carbocycles. The Morgan fingerprint density at radius 3 is 2.81 bits per heavy atom. The Labute approximate surface area is 126 Å². The second-order valence-corrected chi connectivity index (χ2v) is 5.47. The molecule has 3 rings (SSSR count). The van der Waals surface area contributed by atoms with Crippen molar-refractivity contribution in [1.29, 1.82) is 0 Å². The number of carbonyl (C=O) groups excluding carboxylic acids is 1. The van der Waals surface area contributed by atoms with Gasteiger partial charge in [-0.2, -0.15) is 0 Å². The maximum atomic E-state index is 11.9. The number of hydrogen-bond acceptors (Lipinski definition) is 5. The van der Waals surface area contributed by atoms with Crippen LogP contribution in [0.25, 0.3) is 11.3 Å². The molecule has 5 heteroatoms. The Morgan fingerprint density at radius 1 is 1.29 bits per heavy atom. The SMILES string of the molecule is Cc1ccsc1C(=O)OCc1cc(-c2ccccc2)on1. The van der Waals surface area contributed by atoms with Crippen molar-refractivity contribution >= 4 is 17.3 Å². The highest BCUT2D eigenvalue weighted by Gasteiger charge is 2.13. The van der Waals surface area contributed by atoms with E-state index >= 15 is 0 Å². The number of carbonyl (C=O) groups is 1. The zero-order chi connectivity index (χ0) is 14.7. The Morgan fingerprint density at radius 2 is 2.10 bits per heavy atom. The van der Waals surface area contributed by atoms with Crippen molar-refractivity contribution < 1.29 is 14.1 Å². The molecule has 0 bridgehead atoms. The van der Waals surface area contributed by atoms with Gasteiger partial charge in [0.15, 0.2) is 5.76 Å². The molecular formula is C16H13NO3S.